The highest BCUT2D eigenvalue weighted by Gasteiger charge is 2.14. The molecule has 0 bridgehead atoms. The van der Waals surface area contributed by atoms with Crippen molar-refractivity contribution in [3.05, 3.63) is 84.2 Å². The van der Waals surface area contributed by atoms with Gasteiger partial charge in [-0.1, -0.05) is 60.3 Å². The first-order valence-corrected chi connectivity index (χ1v) is 11.5. The summed E-state index contributed by atoms with van der Waals surface area (Å²) in [5.74, 6) is 8.04. The van der Waals surface area contributed by atoms with Gasteiger partial charge in [0.05, 0.1) is 20.0 Å². The monoisotopic (exact) mass is 475 g/mol. The summed E-state index contributed by atoms with van der Waals surface area (Å²) in [6.07, 6.45) is 0.463. The van der Waals surface area contributed by atoms with Crippen molar-refractivity contribution in [2.24, 2.45) is 0 Å². The fraction of sp³-hybridized carbons (Fsp3) is 0.160. The average molecular weight is 476 g/mol. The Hall–Kier alpha value is -3.98. The number of nitrogens with one attached hydrogen (secondary N) is 1. The standard InChI is InChI=1S/C25H25N5O3S/c1-32-21-13-8-17(14-22(21)33-2)15-23-28-29-25(30(23)26)34-16-24(31)27-20-11-9-19(10-12-20)18-6-4-3-5-7-18/h3-14H,15-16,26H2,1-2H3,(H,27,31). The number of aromatic nitrogens is 3. The van der Waals surface area contributed by atoms with Crippen LogP contribution in [0.25, 0.3) is 11.1 Å². The molecule has 9 heteroatoms. The van der Waals surface area contributed by atoms with E-state index in [4.69, 9.17) is 15.3 Å². The predicted molar refractivity (Wildman–Crippen MR) is 134 cm³/mol. The highest BCUT2D eigenvalue weighted by Crippen LogP contribution is 2.28. The van der Waals surface area contributed by atoms with Gasteiger partial charge in [0.2, 0.25) is 11.1 Å². The molecule has 174 valence electrons. The van der Waals surface area contributed by atoms with Gasteiger partial charge in [0.15, 0.2) is 17.3 Å². The minimum Gasteiger partial charge on any atom is -0.493 e. The van der Waals surface area contributed by atoms with Crippen LogP contribution in [0, 0.1) is 0 Å². The maximum atomic E-state index is 12.4. The second kappa shape index (κ2) is 10.8. The number of benzene rings is 3. The lowest BCUT2D eigenvalue weighted by Crippen LogP contribution is -2.17. The van der Waals surface area contributed by atoms with E-state index in [1.54, 1.807) is 14.2 Å². The third-order valence-corrected chi connectivity index (χ3v) is 6.10. The number of methoxy groups -OCH3 is 2. The first-order valence-electron chi connectivity index (χ1n) is 10.6. The van der Waals surface area contributed by atoms with Crippen LogP contribution in [-0.2, 0) is 11.2 Å². The van der Waals surface area contributed by atoms with Crippen molar-refractivity contribution in [2.45, 2.75) is 11.6 Å². The fourth-order valence-electron chi connectivity index (χ4n) is 3.40. The third-order valence-electron chi connectivity index (χ3n) is 5.15. The second-order valence-electron chi connectivity index (χ2n) is 7.42. The number of ether oxygens (including phenoxy) is 2. The van der Waals surface area contributed by atoms with E-state index in [1.165, 1.54) is 16.4 Å². The first-order chi connectivity index (χ1) is 16.6. The highest BCUT2D eigenvalue weighted by molar-refractivity contribution is 7.99. The number of carbonyl (C=O) groups excluding carboxylic acids is 1. The minimum atomic E-state index is -0.151. The van der Waals surface area contributed by atoms with Gasteiger partial charge in [-0.3, -0.25) is 4.79 Å². The summed E-state index contributed by atoms with van der Waals surface area (Å²) in [6.45, 7) is 0. The average Bonchev–Trinajstić information content (AvgIpc) is 3.22. The molecular formula is C25H25N5O3S. The summed E-state index contributed by atoms with van der Waals surface area (Å²) in [7, 11) is 3.18. The Bertz CT molecular complexity index is 1260. The van der Waals surface area contributed by atoms with Crippen LogP contribution < -0.4 is 20.6 Å². The summed E-state index contributed by atoms with van der Waals surface area (Å²) in [5.41, 5.74) is 3.90. The van der Waals surface area contributed by atoms with E-state index in [0.29, 0.717) is 28.9 Å². The first kappa shape index (κ1) is 23.2. The van der Waals surface area contributed by atoms with Crippen LogP contribution in [0.2, 0.25) is 0 Å². The molecule has 0 fully saturated rings. The zero-order valence-corrected chi connectivity index (χ0v) is 19.7. The Kier molecular flexibility index (Phi) is 7.34. The number of anilines is 1. The van der Waals surface area contributed by atoms with Crippen molar-refractivity contribution in [2.75, 3.05) is 31.1 Å². The molecule has 0 aliphatic carbocycles. The van der Waals surface area contributed by atoms with Gasteiger partial charge in [0.1, 0.15) is 0 Å². The van der Waals surface area contributed by atoms with Crippen LogP contribution in [0.4, 0.5) is 5.69 Å². The minimum absolute atomic E-state index is 0.151. The van der Waals surface area contributed by atoms with Crippen LogP contribution in [0.15, 0.2) is 78.0 Å². The van der Waals surface area contributed by atoms with Gasteiger partial charge in [-0.15, -0.1) is 10.2 Å². The third kappa shape index (κ3) is 5.49. The molecule has 1 amide bonds. The topological polar surface area (TPSA) is 104 Å². The smallest absolute Gasteiger partial charge is 0.234 e. The number of hydrogen-bond acceptors (Lipinski definition) is 7. The van der Waals surface area contributed by atoms with Gasteiger partial charge in [-0.05, 0) is 41.0 Å². The summed E-state index contributed by atoms with van der Waals surface area (Å²) in [4.78, 5) is 12.4. The van der Waals surface area contributed by atoms with Gasteiger partial charge in [-0.25, -0.2) is 4.68 Å². The number of nitrogen functional groups attached to an aromatic ring is 1. The van der Waals surface area contributed by atoms with Crippen molar-refractivity contribution in [1.29, 1.82) is 0 Å². The molecule has 0 radical (unpaired) electrons. The van der Waals surface area contributed by atoms with E-state index in [2.05, 4.69) is 15.5 Å². The zero-order chi connectivity index (χ0) is 23.9. The van der Waals surface area contributed by atoms with Crippen LogP contribution >= 0.6 is 11.8 Å². The number of nitrogens with two attached hydrogens (primary N) is 1. The SMILES string of the molecule is COc1ccc(Cc2nnc(SCC(=O)Nc3ccc(-c4ccccc4)cc3)n2N)cc1OC. The molecule has 0 saturated heterocycles. The lowest BCUT2D eigenvalue weighted by atomic mass is 10.1. The molecule has 34 heavy (non-hydrogen) atoms. The molecule has 1 heterocycles. The van der Waals surface area contributed by atoms with E-state index in [9.17, 15) is 4.79 Å². The van der Waals surface area contributed by atoms with Gasteiger partial charge in [0, 0.05) is 12.1 Å². The second-order valence-corrected chi connectivity index (χ2v) is 8.36. The molecule has 4 rings (SSSR count). The van der Waals surface area contributed by atoms with Crippen LogP contribution in [0.1, 0.15) is 11.4 Å². The van der Waals surface area contributed by atoms with Crippen molar-refractivity contribution in [3.8, 4) is 22.6 Å². The Morgan fingerprint density at radius 2 is 1.65 bits per heavy atom. The van der Waals surface area contributed by atoms with Crippen LogP contribution in [-0.4, -0.2) is 40.8 Å². The normalized spacial score (nSPS) is 10.6. The number of hydrogen-bond donors (Lipinski definition) is 2. The van der Waals surface area contributed by atoms with Crippen LogP contribution in [0.5, 0.6) is 11.5 Å². The summed E-state index contributed by atoms with van der Waals surface area (Å²) in [6, 6.07) is 23.4. The number of rotatable bonds is 9. The predicted octanol–water partition coefficient (Wildman–Crippen LogP) is 4.00. The highest BCUT2D eigenvalue weighted by atomic mass is 32.2. The maximum absolute atomic E-state index is 12.4. The molecule has 0 aliphatic rings. The van der Waals surface area contributed by atoms with E-state index >= 15 is 0 Å². The van der Waals surface area contributed by atoms with Crippen LogP contribution in [0.3, 0.4) is 0 Å². The fourth-order valence-corrected chi connectivity index (χ4v) is 4.08. The molecule has 0 aliphatic heterocycles. The molecule has 0 unspecified atom stereocenters. The van der Waals surface area contributed by atoms with Gasteiger partial charge in [0.25, 0.3) is 0 Å². The Balaban J connectivity index is 1.33. The summed E-state index contributed by atoms with van der Waals surface area (Å²) in [5, 5.41) is 11.7. The number of amides is 1. The molecule has 3 N–H and O–H groups in total. The van der Waals surface area contributed by atoms with E-state index < -0.39 is 0 Å². The molecule has 3 aromatic carbocycles. The summed E-state index contributed by atoms with van der Waals surface area (Å²) >= 11 is 1.23. The van der Waals surface area contributed by atoms with E-state index in [1.807, 2.05) is 72.8 Å². The van der Waals surface area contributed by atoms with Gasteiger partial charge >= 0.3 is 0 Å². The Labute approximate surface area is 202 Å². The summed E-state index contributed by atoms with van der Waals surface area (Å²) < 4.78 is 12.0. The molecule has 4 aromatic rings. The van der Waals surface area contributed by atoms with Gasteiger partial charge in [-0.2, -0.15) is 0 Å². The molecule has 1 aromatic heterocycles. The lowest BCUT2D eigenvalue weighted by molar-refractivity contribution is -0.113. The number of thioether (sulfide) groups is 1. The maximum Gasteiger partial charge on any atom is 0.234 e. The lowest BCUT2D eigenvalue weighted by Gasteiger charge is -2.09. The Morgan fingerprint density at radius 1 is 0.941 bits per heavy atom. The number of carbonyl (C=O) groups is 1. The van der Waals surface area contributed by atoms with Crippen molar-refractivity contribution < 1.29 is 14.3 Å². The largest absolute Gasteiger partial charge is 0.493 e. The molecule has 0 atom stereocenters. The molecule has 0 saturated carbocycles. The van der Waals surface area contributed by atoms with E-state index in [0.717, 1.165) is 22.4 Å². The van der Waals surface area contributed by atoms with E-state index in [-0.39, 0.29) is 11.7 Å². The molecule has 8 nitrogen and oxygen atoms in total. The van der Waals surface area contributed by atoms with Crippen molar-refractivity contribution >= 4 is 23.4 Å². The Morgan fingerprint density at radius 3 is 2.35 bits per heavy atom. The van der Waals surface area contributed by atoms with Gasteiger partial charge < -0.3 is 20.6 Å². The van der Waals surface area contributed by atoms with Crippen molar-refractivity contribution in [1.82, 2.24) is 14.9 Å². The molecular weight excluding hydrogens is 450 g/mol. The van der Waals surface area contributed by atoms with Crippen molar-refractivity contribution in [3.63, 3.8) is 0 Å². The number of nitrogens with zero attached hydrogens (tertiary/aromatic N) is 3. The zero-order valence-electron chi connectivity index (χ0n) is 18.9. The quantitative estimate of drug-likeness (QED) is 0.279. The molecule has 0 spiro atoms.